The molecule has 0 aromatic heterocycles. The summed E-state index contributed by atoms with van der Waals surface area (Å²) in [4.78, 5) is 0. The highest BCUT2D eigenvalue weighted by Crippen LogP contribution is 2.33. The van der Waals surface area contributed by atoms with Crippen LogP contribution in [0.2, 0.25) is 0 Å². The molecule has 1 fully saturated rings. The Morgan fingerprint density at radius 3 is 2.71 bits per heavy atom. The molecule has 2 heteroatoms. The van der Waals surface area contributed by atoms with Crippen molar-refractivity contribution in [2.45, 2.75) is 64.5 Å². The van der Waals surface area contributed by atoms with Crippen LogP contribution in [-0.4, -0.2) is 24.3 Å². The zero-order chi connectivity index (χ0) is 12.8. The van der Waals surface area contributed by atoms with Crippen LogP contribution in [0.15, 0.2) is 12.2 Å². The van der Waals surface area contributed by atoms with E-state index < -0.39 is 0 Å². The molecule has 4 unspecified atom stereocenters. The Bertz CT molecular complexity index is 229. The molecule has 0 aromatic carbocycles. The van der Waals surface area contributed by atoms with Gasteiger partial charge in [-0.15, -0.1) is 6.58 Å². The van der Waals surface area contributed by atoms with Gasteiger partial charge in [-0.3, -0.25) is 0 Å². The largest absolute Gasteiger partial charge is 0.393 e. The molecule has 0 aliphatic heterocycles. The van der Waals surface area contributed by atoms with E-state index in [4.69, 9.17) is 0 Å². The fraction of sp³-hybridized carbons (Fsp3) is 0.867. The SMILES string of the molecule is C=C(C)CCC(CC1C(C)CCCC1O)NC. The zero-order valence-electron chi connectivity index (χ0n) is 11.7. The monoisotopic (exact) mass is 239 g/mol. The van der Waals surface area contributed by atoms with Crippen molar-refractivity contribution in [3.05, 3.63) is 12.2 Å². The van der Waals surface area contributed by atoms with Gasteiger partial charge in [-0.05, 0) is 51.5 Å². The third-order valence-electron chi connectivity index (χ3n) is 4.27. The van der Waals surface area contributed by atoms with Crippen molar-refractivity contribution in [2.75, 3.05) is 7.05 Å². The second-order valence-corrected chi connectivity index (χ2v) is 5.86. The van der Waals surface area contributed by atoms with Crippen LogP contribution in [0.1, 0.15) is 52.4 Å². The Kier molecular flexibility index (Phi) is 6.21. The van der Waals surface area contributed by atoms with Crippen molar-refractivity contribution >= 4 is 0 Å². The summed E-state index contributed by atoms with van der Waals surface area (Å²) in [5.41, 5.74) is 1.25. The van der Waals surface area contributed by atoms with E-state index >= 15 is 0 Å². The molecule has 0 bridgehead atoms. The smallest absolute Gasteiger partial charge is 0.0571 e. The molecule has 100 valence electrons. The number of hydrogen-bond acceptors (Lipinski definition) is 2. The molecular formula is C15H29NO. The minimum absolute atomic E-state index is 0.0839. The summed E-state index contributed by atoms with van der Waals surface area (Å²) in [6.07, 6.45) is 6.70. The maximum Gasteiger partial charge on any atom is 0.0571 e. The predicted molar refractivity (Wildman–Crippen MR) is 74.0 cm³/mol. The minimum Gasteiger partial charge on any atom is -0.393 e. The summed E-state index contributed by atoms with van der Waals surface area (Å²) in [5.74, 6) is 1.14. The quantitative estimate of drug-likeness (QED) is 0.698. The van der Waals surface area contributed by atoms with Gasteiger partial charge in [0.15, 0.2) is 0 Å². The van der Waals surface area contributed by atoms with Crippen LogP contribution in [0, 0.1) is 11.8 Å². The van der Waals surface area contributed by atoms with Gasteiger partial charge in [0.25, 0.3) is 0 Å². The summed E-state index contributed by atoms with van der Waals surface area (Å²) in [5, 5.41) is 13.5. The van der Waals surface area contributed by atoms with Gasteiger partial charge in [0.05, 0.1) is 6.10 Å². The third-order valence-corrected chi connectivity index (χ3v) is 4.27. The van der Waals surface area contributed by atoms with Crippen molar-refractivity contribution in [1.82, 2.24) is 5.32 Å². The predicted octanol–water partition coefficient (Wildman–Crippen LogP) is 3.12. The van der Waals surface area contributed by atoms with Gasteiger partial charge in [-0.2, -0.15) is 0 Å². The lowest BCUT2D eigenvalue weighted by Gasteiger charge is -2.35. The van der Waals surface area contributed by atoms with E-state index in [-0.39, 0.29) is 6.10 Å². The molecule has 1 aliphatic rings. The van der Waals surface area contributed by atoms with Crippen molar-refractivity contribution in [3.63, 3.8) is 0 Å². The highest BCUT2D eigenvalue weighted by Gasteiger charge is 2.30. The average Bonchev–Trinajstić information content (AvgIpc) is 2.27. The highest BCUT2D eigenvalue weighted by atomic mass is 16.3. The number of rotatable bonds is 6. The number of aliphatic hydroxyl groups is 1. The Balaban J connectivity index is 2.44. The molecular weight excluding hydrogens is 210 g/mol. The maximum absolute atomic E-state index is 10.1. The van der Waals surface area contributed by atoms with Gasteiger partial charge in [-0.25, -0.2) is 0 Å². The van der Waals surface area contributed by atoms with Crippen LogP contribution in [0.25, 0.3) is 0 Å². The van der Waals surface area contributed by atoms with Gasteiger partial charge in [0.1, 0.15) is 0 Å². The number of allylic oxidation sites excluding steroid dienone is 1. The highest BCUT2D eigenvalue weighted by molar-refractivity contribution is 4.90. The van der Waals surface area contributed by atoms with Gasteiger partial charge >= 0.3 is 0 Å². The Labute approximate surface area is 106 Å². The second-order valence-electron chi connectivity index (χ2n) is 5.86. The van der Waals surface area contributed by atoms with Crippen molar-refractivity contribution in [2.24, 2.45) is 11.8 Å². The first-order chi connectivity index (χ1) is 8.04. The van der Waals surface area contributed by atoms with E-state index in [9.17, 15) is 5.11 Å². The minimum atomic E-state index is -0.0839. The number of nitrogens with one attached hydrogen (secondary N) is 1. The van der Waals surface area contributed by atoms with Crippen LogP contribution in [-0.2, 0) is 0 Å². The number of hydrogen-bond donors (Lipinski definition) is 2. The fourth-order valence-electron chi connectivity index (χ4n) is 2.97. The third kappa shape index (κ3) is 4.81. The van der Waals surface area contributed by atoms with Gasteiger partial charge < -0.3 is 10.4 Å². The molecule has 0 radical (unpaired) electrons. The van der Waals surface area contributed by atoms with E-state index in [0.29, 0.717) is 17.9 Å². The first-order valence-electron chi connectivity index (χ1n) is 7.04. The van der Waals surface area contributed by atoms with Crippen molar-refractivity contribution in [3.8, 4) is 0 Å². The molecule has 0 heterocycles. The Morgan fingerprint density at radius 2 is 2.18 bits per heavy atom. The van der Waals surface area contributed by atoms with Crippen LogP contribution in [0.3, 0.4) is 0 Å². The van der Waals surface area contributed by atoms with E-state index in [0.717, 1.165) is 25.7 Å². The van der Waals surface area contributed by atoms with Crippen LogP contribution >= 0.6 is 0 Å². The molecule has 0 saturated heterocycles. The molecule has 17 heavy (non-hydrogen) atoms. The fourth-order valence-corrected chi connectivity index (χ4v) is 2.97. The normalized spacial score (nSPS) is 31.2. The maximum atomic E-state index is 10.1. The van der Waals surface area contributed by atoms with E-state index in [1.807, 2.05) is 7.05 Å². The first kappa shape index (κ1) is 14.7. The molecule has 2 N–H and O–H groups in total. The Hall–Kier alpha value is -0.340. The van der Waals surface area contributed by atoms with Crippen LogP contribution < -0.4 is 5.32 Å². The van der Waals surface area contributed by atoms with E-state index in [1.54, 1.807) is 0 Å². The topological polar surface area (TPSA) is 32.3 Å². The van der Waals surface area contributed by atoms with Gasteiger partial charge in [0, 0.05) is 6.04 Å². The molecule has 0 amide bonds. The average molecular weight is 239 g/mol. The van der Waals surface area contributed by atoms with Crippen molar-refractivity contribution < 1.29 is 5.11 Å². The summed E-state index contributed by atoms with van der Waals surface area (Å²) >= 11 is 0. The lowest BCUT2D eigenvalue weighted by atomic mass is 9.75. The Morgan fingerprint density at radius 1 is 1.47 bits per heavy atom. The van der Waals surface area contributed by atoms with E-state index in [2.05, 4.69) is 25.7 Å². The van der Waals surface area contributed by atoms with E-state index in [1.165, 1.54) is 18.4 Å². The summed E-state index contributed by atoms with van der Waals surface area (Å²) in [6.45, 7) is 8.34. The summed E-state index contributed by atoms with van der Waals surface area (Å²) in [6, 6.07) is 0.520. The summed E-state index contributed by atoms with van der Waals surface area (Å²) < 4.78 is 0. The molecule has 4 atom stereocenters. The lowest BCUT2D eigenvalue weighted by Crippen LogP contribution is -2.37. The molecule has 1 saturated carbocycles. The lowest BCUT2D eigenvalue weighted by molar-refractivity contribution is 0.0279. The summed E-state index contributed by atoms with van der Waals surface area (Å²) in [7, 11) is 2.03. The van der Waals surface area contributed by atoms with Gasteiger partial charge in [-0.1, -0.05) is 25.3 Å². The second kappa shape index (κ2) is 7.17. The van der Waals surface area contributed by atoms with Crippen LogP contribution in [0.4, 0.5) is 0 Å². The number of aliphatic hydroxyl groups excluding tert-OH is 1. The van der Waals surface area contributed by atoms with Gasteiger partial charge in [0.2, 0.25) is 0 Å². The molecule has 0 spiro atoms. The molecule has 2 nitrogen and oxygen atoms in total. The van der Waals surface area contributed by atoms with Crippen molar-refractivity contribution in [1.29, 1.82) is 0 Å². The first-order valence-corrected chi connectivity index (χ1v) is 7.04. The standard InChI is InChI=1S/C15H29NO/c1-11(2)8-9-13(16-4)10-14-12(3)6-5-7-15(14)17/h12-17H,1,5-10H2,2-4H3. The van der Waals surface area contributed by atoms with Crippen LogP contribution in [0.5, 0.6) is 0 Å². The molecule has 0 aromatic rings. The zero-order valence-corrected chi connectivity index (χ0v) is 11.7. The molecule has 1 aliphatic carbocycles. The molecule has 1 rings (SSSR count).